The van der Waals surface area contributed by atoms with Crippen molar-refractivity contribution in [3.05, 3.63) is 59.6 Å². The third-order valence-electron chi connectivity index (χ3n) is 2.89. The Bertz CT molecular complexity index is 661. The van der Waals surface area contributed by atoms with E-state index in [1.54, 1.807) is 24.3 Å². The van der Waals surface area contributed by atoms with Crippen LogP contribution in [0.2, 0.25) is 5.02 Å². The van der Waals surface area contributed by atoms with Crippen molar-refractivity contribution in [2.45, 2.75) is 17.9 Å². The molecule has 2 rings (SSSR count). The minimum Gasteiger partial charge on any atom is -0.452 e. The van der Waals surface area contributed by atoms with E-state index in [0.717, 1.165) is 4.90 Å². The first kappa shape index (κ1) is 17.4. The van der Waals surface area contributed by atoms with Crippen LogP contribution in [0, 0.1) is 0 Å². The average molecular weight is 350 g/mol. The van der Waals surface area contributed by atoms with E-state index in [1.807, 2.05) is 30.3 Å². The molecule has 0 bridgehead atoms. The Morgan fingerprint density at radius 2 is 1.78 bits per heavy atom. The summed E-state index contributed by atoms with van der Waals surface area (Å²) in [5, 5.41) is 3.25. The van der Waals surface area contributed by atoms with Gasteiger partial charge in [0.1, 0.15) is 0 Å². The van der Waals surface area contributed by atoms with Crippen molar-refractivity contribution in [3.8, 4) is 0 Å². The highest BCUT2D eigenvalue weighted by molar-refractivity contribution is 8.00. The van der Waals surface area contributed by atoms with Crippen LogP contribution in [0.1, 0.15) is 6.92 Å². The lowest BCUT2D eigenvalue weighted by molar-refractivity contribution is -0.150. The van der Waals surface area contributed by atoms with Gasteiger partial charge in [0.2, 0.25) is 0 Å². The standard InChI is InChI=1S/C17H16ClNO3S/c1-12(17(21)19-14-9-7-13(18)8-10-14)22-16(20)11-23-15-5-3-2-4-6-15/h2-10,12H,11H2,1H3,(H,19,21)/t12-/m0/s1. The van der Waals surface area contributed by atoms with Gasteiger partial charge >= 0.3 is 5.97 Å². The summed E-state index contributed by atoms with van der Waals surface area (Å²) in [6.07, 6.45) is -0.866. The molecular formula is C17H16ClNO3S. The molecule has 0 saturated carbocycles. The highest BCUT2D eigenvalue weighted by Gasteiger charge is 2.18. The number of amides is 1. The molecule has 2 aromatic carbocycles. The predicted molar refractivity (Wildman–Crippen MR) is 92.8 cm³/mol. The Morgan fingerprint density at radius 3 is 2.43 bits per heavy atom. The van der Waals surface area contributed by atoms with Gasteiger partial charge in [-0.3, -0.25) is 9.59 Å². The molecule has 1 amide bonds. The van der Waals surface area contributed by atoms with Gasteiger partial charge in [0.25, 0.3) is 5.91 Å². The van der Waals surface area contributed by atoms with Crippen LogP contribution in [-0.4, -0.2) is 23.7 Å². The third kappa shape index (κ3) is 5.96. The summed E-state index contributed by atoms with van der Waals surface area (Å²) in [7, 11) is 0. The number of hydrogen-bond acceptors (Lipinski definition) is 4. The lowest BCUT2D eigenvalue weighted by Gasteiger charge is -2.13. The maximum Gasteiger partial charge on any atom is 0.317 e. The van der Waals surface area contributed by atoms with Gasteiger partial charge in [-0.2, -0.15) is 0 Å². The molecule has 0 aliphatic heterocycles. The van der Waals surface area contributed by atoms with Crippen LogP contribution in [0.25, 0.3) is 0 Å². The Morgan fingerprint density at radius 1 is 1.13 bits per heavy atom. The summed E-state index contributed by atoms with van der Waals surface area (Å²) < 4.78 is 5.13. The lowest BCUT2D eigenvalue weighted by Crippen LogP contribution is -2.30. The molecule has 0 aromatic heterocycles. The quantitative estimate of drug-likeness (QED) is 0.632. The van der Waals surface area contributed by atoms with E-state index < -0.39 is 12.1 Å². The number of nitrogens with one attached hydrogen (secondary N) is 1. The van der Waals surface area contributed by atoms with Crippen molar-refractivity contribution in [2.24, 2.45) is 0 Å². The molecule has 1 N–H and O–H groups in total. The van der Waals surface area contributed by atoms with Crippen LogP contribution in [0.5, 0.6) is 0 Å². The summed E-state index contributed by atoms with van der Waals surface area (Å²) in [4.78, 5) is 24.7. The monoisotopic (exact) mass is 349 g/mol. The number of halogens is 1. The second-order valence-corrected chi connectivity index (χ2v) is 6.22. The smallest absolute Gasteiger partial charge is 0.317 e. The molecule has 0 spiro atoms. The molecule has 1 atom stereocenters. The minimum atomic E-state index is -0.866. The molecule has 0 aliphatic carbocycles. The second-order valence-electron chi connectivity index (χ2n) is 4.73. The van der Waals surface area contributed by atoms with Crippen molar-refractivity contribution in [1.82, 2.24) is 0 Å². The molecule has 0 aliphatic rings. The van der Waals surface area contributed by atoms with E-state index in [9.17, 15) is 9.59 Å². The molecule has 0 heterocycles. The summed E-state index contributed by atoms with van der Waals surface area (Å²) in [6, 6.07) is 16.2. The molecular weight excluding hydrogens is 334 g/mol. The van der Waals surface area contributed by atoms with Crippen molar-refractivity contribution in [1.29, 1.82) is 0 Å². The van der Waals surface area contributed by atoms with Crippen molar-refractivity contribution in [2.75, 3.05) is 11.1 Å². The molecule has 0 radical (unpaired) electrons. The Balaban J connectivity index is 1.78. The summed E-state index contributed by atoms with van der Waals surface area (Å²) in [5.41, 5.74) is 0.598. The fourth-order valence-corrected chi connectivity index (χ4v) is 2.55. The van der Waals surface area contributed by atoms with Crippen molar-refractivity contribution < 1.29 is 14.3 Å². The molecule has 0 unspecified atom stereocenters. The van der Waals surface area contributed by atoms with Crippen molar-refractivity contribution in [3.63, 3.8) is 0 Å². The number of esters is 1. The van der Waals surface area contributed by atoms with Crippen LogP contribution >= 0.6 is 23.4 Å². The minimum absolute atomic E-state index is 0.155. The van der Waals surface area contributed by atoms with Gasteiger partial charge in [0, 0.05) is 15.6 Å². The fraction of sp³-hybridized carbons (Fsp3) is 0.176. The molecule has 4 nitrogen and oxygen atoms in total. The van der Waals surface area contributed by atoms with Crippen LogP contribution in [0.3, 0.4) is 0 Å². The number of thioether (sulfide) groups is 1. The van der Waals surface area contributed by atoms with Gasteiger partial charge in [-0.1, -0.05) is 29.8 Å². The third-order valence-corrected chi connectivity index (χ3v) is 4.13. The molecule has 2 aromatic rings. The number of hydrogen-bond donors (Lipinski definition) is 1. The van der Waals surface area contributed by atoms with Crippen LogP contribution in [-0.2, 0) is 14.3 Å². The zero-order chi connectivity index (χ0) is 16.7. The average Bonchev–Trinajstić information content (AvgIpc) is 2.56. The van der Waals surface area contributed by atoms with E-state index in [2.05, 4.69) is 5.32 Å². The SMILES string of the molecule is C[C@H](OC(=O)CSc1ccccc1)C(=O)Nc1ccc(Cl)cc1. The number of rotatable bonds is 6. The Labute approximate surface area is 144 Å². The first-order valence-corrected chi connectivity index (χ1v) is 8.35. The van der Waals surface area contributed by atoms with Crippen LogP contribution in [0.15, 0.2) is 59.5 Å². The fourth-order valence-electron chi connectivity index (χ4n) is 1.72. The Kier molecular flexibility index (Phi) is 6.50. The topological polar surface area (TPSA) is 55.4 Å². The van der Waals surface area contributed by atoms with Gasteiger partial charge in [0.15, 0.2) is 6.10 Å². The second kappa shape index (κ2) is 8.60. The first-order chi connectivity index (χ1) is 11.0. The van der Waals surface area contributed by atoms with Gasteiger partial charge < -0.3 is 10.1 Å². The zero-order valence-corrected chi connectivity index (χ0v) is 14.1. The van der Waals surface area contributed by atoms with Crippen LogP contribution in [0.4, 0.5) is 5.69 Å². The number of carbonyl (C=O) groups excluding carboxylic acids is 2. The Hall–Kier alpha value is -1.98. The van der Waals surface area contributed by atoms with Crippen LogP contribution < -0.4 is 5.32 Å². The number of carbonyl (C=O) groups is 2. The normalized spacial score (nSPS) is 11.6. The van der Waals surface area contributed by atoms with E-state index in [4.69, 9.17) is 16.3 Å². The lowest BCUT2D eigenvalue weighted by atomic mass is 10.3. The largest absolute Gasteiger partial charge is 0.452 e. The summed E-state index contributed by atoms with van der Waals surface area (Å²) in [5.74, 6) is -0.661. The first-order valence-electron chi connectivity index (χ1n) is 6.98. The maximum atomic E-state index is 12.0. The summed E-state index contributed by atoms with van der Waals surface area (Å²) in [6.45, 7) is 1.54. The number of benzene rings is 2. The molecule has 0 saturated heterocycles. The van der Waals surface area contributed by atoms with E-state index in [1.165, 1.54) is 18.7 Å². The van der Waals surface area contributed by atoms with E-state index in [0.29, 0.717) is 10.7 Å². The molecule has 120 valence electrons. The van der Waals surface area contributed by atoms with Gasteiger partial charge in [-0.25, -0.2) is 0 Å². The predicted octanol–water partition coefficient (Wildman–Crippen LogP) is 4.00. The van der Waals surface area contributed by atoms with Gasteiger partial charge in [-0.15, -0.1) is 11.8 Å². The maximum absolute atomic E-state index is 12.0. The van der Waals surface area contributed by atoms with Gasteiger partial charge in [-0.05, 0) is 43.3 Å². The zero-order valence-electron chi connectivity index (χ0n) is 12.5. The highest BCUT2D eigenvalue weighted by Crippen LogP contribution is 2.17. The number of ether oxygens (including phenoxy) is 1. The van der Waals surface area contributed by atoms with E-state index >= 15 is 0 Å². The molecule has 23 heavy (non-hydrogen) atoms. The summed E-state index contributed by atoms with van der Waals surface area (Å²) >= 11 is 7.15. The molecule has 0 fully saturated rings. The van der Waals surface area contributed by atoms with E-state index in [-0.39, 0.29) is 11.7 Å². The van der Waals surface area contributed by atoms with Gasteiger partial charge in [0.05, 0.1) is 5.75 Å². The number of anilines is 1. The van der Waals surface area contributed by atoms with Crippen molar-refractivity contribution >= 4 is 40.9 Å². The highest BCUT2D eigenvalue weighted by atomic mass is 35.5. The molecule has 6 heteroatoms.